The number of aryl methyl sites for hydroxylation is 1. The second-order valence-electron chi connectivity index (χ2n) is 5.75. The van der Waals surface area contributed by atoms with Crippen molar-refractivity contribution in [3.63, 3.8) is 0 Å². The minimum absolute atomic E-state index is 0.156. The van der Waals surface area contributed by atoms with Crippen LogP contribution in [0.25, 0.3) is 0 Å². The lowest BCUT2D eigenvalue weighted by Crippen LogP contribution is -2.45. The minimum Gasteiger partial charge on any atom is -0.448 e. The number of ether oxygens (including phenoxy) is 1. The van der Waals surface area contributed by atoms with Crippen LogP contribution in [0.2, 0.25) is 0 Å². The molecule has 0 saturated heterocycles. The van der Waals surface area contributed by atoms with Crippen molar-refractivity contribution in [3.05, 3.63) is 34.9 Å². The van der Waals surface area contributed by atoms with Crippen LogP contribution in [0.4, 0.5) is 0 Å². The van der Waals surface area contributed by atoms with Gasteiger partial charge in [0, 0.05) is 12.5 Å². The van der Waals surface area contributed by atoms with E-state index in [9.17, 15) is 9.59 Å². The highest BCUT2D eigenvalue weighted by atomic mass is 16.5. The van der Waals surface area contributed by atoms with Crippen LogP contribution in [-0.2, 0) is 16.0 Å². The van der Waals surface area contributed by atoms with Gasteiger partial charge in [0.1, 0.15) is 0 Å². The molecule has 1 fully saturated rings. The topological polar surface area (TPSA) is 55.4 Å². The number of nitrogens with one attached hydrogen (secondary N) is 1. The van der Waals surface area contributed by atoms with E-state index >= 15 is 0 Å². The summed E-state index contributed by atoms with van der Waals surface area (Å²) in [6.07, 6.45) is 4.18. The minimum atomic E-state index is -0.682. The molecule has 1 saturated carbocycles. The molecule has 1 atom stereocenters. The molecule has 4 heteroatoms. The van der Waals surface area contributed by atoms with Gasteiger partial charge in [-0.3, -0.25) is 4.79 Å². The van der Waals surface area contributed by atoms with E-state index in [4.69, 9.17) is 4.74 Å². The van der Waals surface area contributed by atoms with Crippen LogP contribution in [0.1, 0.15) is 47.2 Å². The van der Waals surface area contributed by atoms with E-state index in [0.717, 1.165) is 36.8 Å². The summed E-state index contributed by atoms with van der Waals surface area (Å²) in [5.74, 6) is -0.544. The Morgan fingerprint density at radius 1 is 1.30 bits per heavy atom. The van der Waals surface area contributed by atoms with E-state index in [1.54, 1.807) is 0 Å². The first-order valence-corrected chi connectivity index (χ1v) is 7.24. The van der Waals surface area contributed by atoms with Gasteiger partial charge in [-0.2, -0.15) is 0 Å². The van der Waals surface area contributed by atoms with Crippen molar-refractivity contribution in [2.24, 2.45) is 0 Å². The summed E-state index contributed by atoms with van der Waals surface area (Å²) in [6, 6.07) is 5.95. The molecular weight excluding hydrogens is 254 g/mol. The zero-order chi connectivity index (χ0) is 14.1. The second-order valence-corrected chi connectivity index (χ2v) is 5.75. The summed E-state index contributed by atoms with van der Waals surface area (Å²) < 4.78 is 5.29. The fourth-order valence-electron chi connectivity index (χ4n) is 3.00. The molecule has 4 nitrogen and oxygen atoms in total. The average molecular weight is 273 g/mol. The van der Waals surface area contributed by atoms with Gasteiger partial charge in [0.15, 0.2) is 6.10 Å². The number of fused-ring (bicyclic) bond motifs is 1. The highest BCUT2D eigenvalue weighted by Gasteiger charge is 2.32. The Morgan fingerprint density at radius 2 is 2.05 bits per heavy atom. The average Bonchev–Trinajstić information content (AvgIpc) is 2.92. The van der Waals surface area contributed by atoms with Crippen LogP contribution in [0, 0.1) is 6.92 Å². The second kappa shape index (κ2) is 5.27. The van der Waals surface area contributed by atoms with Gasteiger partial charge in [-0.15, -0.1) is 0 Å². The molecule has 20 heavy (non-hydrogen) atoms. The van der Waals surface area contributed by atoms with Gasteiger partial charge in [-0.25, -0.2) is 4.79 Å². The van der Waals surface area contributed by atoms with E-state index in [1.807, 2.05) is 25.1 Å². The van der Waals surface area contributed by atoms with E-state index < -0.39 is 6.10 Å². The number of benzene rings is 1. The first kappa shape index (κ1) is 13.2. The Balaban J connectivity index is 1.72. The summed E-state index contributed by atoms with van der Waals surface area (Å²) in [5, 5.41) is 3.00. The molecular formula is C16H19NO3. The van der Waals surface area contributed by atoms with Gasteiger partial charge in [0.25, 0.3) is 5.91 Å². The lowest BCUT2D eigenvalue weighted by molar-refractivity contribution is -0.131. The number of carbonyl (C=O) groups is 2. The molecule has 0 spiro atoms. The Kier molecular flexibility index (Phi) is 3.47. The van der Waals surface area contributed by atoms with Crippen molar-refractivity contribution in [2.45, 2.75) is 51.2 Å². The third kappa shape index (κ3) is 2.55. The molecule has 1 aromatic carbocycles. The summed E-state index contributed by atoms with van der Waals surface area (Å²) in [6.45, 7) is 1.94. The van der Waals surface area contributed by atoms with Gasteiger partial charge in [-0.05, 0) is 31.4 Å². The zero-order valence-electron chi connectivity index (χ0n) is 11.6. The van der Waals surface area contributed by atoms with Crippen molar-refractivity contribution >= 4 is 11.9 Å². The molecule has 3 rings (SSSR count). The lowest BCUT2D eigenvalue weighted by Gasteiger charge is -2.25. The fourth-order valence-corrected chi connectivity index (χ4v) is 3.00. The highest BCUT2D eigenvalue weighted by Crippen LogP contribution is 2.23. The first-order valence-electron chi connectivity index (χ1n) is 7.24. The molecule has 2 aliphatic rings. The maximum absolute atomic E-state index is 12.2. The fraction of sp³-hybridized carbons (Fsp3) is 0.500. The predicted octanol–water partition coefficient (Wildman–Crippen LogP) is 2.14. The van der Waals surface area contributed by atoms with Crippen molar-refractivity contribution < 1.29 is 14.3 Å². The number of carbonyl (C=O) groups excluding carboxylic acids is 2. The normalized spacial score (nSPS) is 22.2. The van der Waals surface area contributed by atoms with E-state index in [2.05, 4.69) is 5.32 Å². The summed E-state index contributed by atoms with van der Waals surface area (Å²) in [7, 11) is 0. The van der Waals surface area contributed by atoms with Crippen LogP contribution >= 0.6 is 0 Å². The summed E-state index contributed by atoms with van der Waals surface area (Å²) >= 11 is 0. The maximum atomic E-state index is 12.2. The van der Waals surface area contributed by atoms with Gasteiger partial charge < -0.3 is 10.1 Å². The molecule has 0 unspecified atom stereocenters. The molecule has 1 N–H and O–H groups in total. The van der Waals surface area contributed by atoms with E-state index in [0.29, 0.717) is 12.0 Å². The molecule has 0 aromatic heterocycles. The number of esters is 1. The van der Waals surface area contributed by atoms with Crippen LogP contribution in [-0.4, -0.2) is 24.0 Å². The number of cyclic esters (lactones) is 1. The summed E-state index contributed by atoms with van der Waals surface area (Å²) in [4.78, 5) is 24.2. The monoisotopic (exact) mass is 273 g/mol. The highest BCUT2D eigenvalue weighted by molar-refractivity contribution is 5.96. The quantitative estimate of drug-likeness (QED) is 0.840. The Hall–Kier alpha value is -1.84. The number of hydrogen-bond donors (Lipinski definition) is 1. The predicted molar refractivity (Wildman–Crippen MR) is 74.5 cm³/mol. The van der Waals surface area contributed by atoms with Gasteiger partial charge in [0.2, 0.25) is 0 Å². The van der Waals surface area contributed by atoms with Crippen molar-refractivity contribution in [1.82, 2.24) is 5.32 Å². The standard InChI is InChI=1S/C16H19NO3/c1-10-6-7-11-9-14(20-16(19)13(11)8-10)15(18)17-12-4-2-3-5-12/h6-8,12,14H,2-5,9H2,1H3,(H,17,18)/t14-/m0/s1. The third-order valence-corrected chi connectivity index (χ3v) is 4.13. The lowest BCUT2D eigenvalue weighted by atomic mass is 9.96. The van der Waals surface area contributed by atoms with Gasteiger partial charge in [-0.1, -0.05) is 30.5 Å². The zero-order valence-corrected chi connectivity index (χ0v) is 11.6. The molecule has 1 aliphatic carbocycles. The van der Waals surface area contributed by atoms with Crippen LogP contribution in [0.3, 0.4) is 0 Å². The Labute approximate surface area is 118 Å². The number of hydrogen-bond acceptors (Lipinski definition) is 3. The molecule has 0 bridgehead atoms. The smallest absolute Gasteiger partial charge is 0.339 e. The molecule has 1 amide bonds. The van der Waals surface area contributed by atoms with E-state index in [-0.39, 0.29) is 17.9 Å². The van der Waals surface area contributed by atoms with E-state index in [1.165, 1.54) is 0 Å². The summed E-state index contributed by atoms with van der Waals surface area (Å²) in [5.41, 5.74) is 2.52. The van der Waals surface area contributed by atoms with Crippen LogP contribution < -0.4 is 5.32 Å². The number of amides is 1. The Bertz CT molecular complexity index is 547. The van der Waals surface area contributed by atoms with Crippen LogP contribution in [0.5, 0.6) is 0 Å². The van der Waals surface area contributed by atoms with Gasteiger partial charge in [0.05, 0.1) is 5.56 Å². The molecule has 0 radical (unpaired) electrons. The van der Waals surface area contributed by atoms with Crippen molar-refractivity contribution in [3.8, 4) is 0 Å². The largest absolute Gasteiger partial charge is 0.448 e. The van der Waals surface area contributed by atoms with Gasteiger partial charge >= 0.3 is 5.97 Å². The SMILES string of the molecule is Cc1ccc2c(c1)C(=O)O[C@H](C(=O)NC1CCCC1)C2. The van der Waals surface area contributed by atoms with Crippen molar-refractivity contribution in [2.75, 3.05) is 0 Å². The Morgan fingerprint density at radius 3 is 2.80 bits per heavy atom. The molecule has 106 valence electrons. The third-order valence-electron chi connectivity index (χ3n) is 4.13. The molecule has 1 aliphatic heterocycles. The van der Waals surface area contributed by atoms with Crippen molar-refractivity contribution in [1.29, 1.82) is 0 Å². The first-order chi connectivity index (χ1) is 9.63. The molecule has 1 heterocycles. The molecule has 1 aromatic rings. The van der Waals surface area contributed by atoms with Crippen LogP contribution in [0.15, 0.2) is 18.2 Å². The maximum Gasteiger partial charge on any atom is 0.339 e. The number of rotatable bonds is 2.